The molecule has 0 aliphatic rings. The first kappa shape index (κ1) is 13.8. The van der Waals surface area contributed by atoms with E-state index in [2.05, 4.69) is 11.4 Å². The van der Waals surface area contributed by atoms with Gasteiger partial charge in [-0.05, 0) is 19.9 Å². The fourth-order valence-electron chi connectivity index (χ4n) is 1.36. The highest BCUT2D eigenvalue weighted by atomic mass is 16.6. The van der Waals surface area contributed by atoms with E-state index in [1.54, 1.807) is 26.0 Å². The molecule has 18 heavy (non-hydrogen) atoms. The zero-order chi connectivity index (χ0) is 13.5. The van der Waals surface area contributed by atoms with Crippen LogP contribution in [0.1, 0.15) is 13.8 Å². The lowest BCUT2D eigenvalue weighted by atomic mass is 10.2. The first-order valence-electron chi connectivity index (χ1n) is 5.63. The third-order valence-corrected chi connectivity index (χ3v) is 2.29. The average Bonchev–Trinajstić information content (AvgIpc) is 2.36. The van der Waals surface area contributed by atoms with Crippen LogP contribution in [0.2, 0.25) is 0 Å². The minimum absolute atomic E-state index is 0.0595. The van der Waals surface area contributed by atoms with Crippen LogP contribution in [0.15, 0.2) is 18.2 Å². The summed E-state index contributed by atoms with van der Waals surface area (Å²) >= 11 is 0. The van der Waals surface area contributed by atoms with E-state index in [0.29, 0.717) is 18.8 Å². The van der Waals surface area contributed by atoms with Gasteiger partial charge >= 0.3 is 5.69 Å². The molecule has 0 aliphatic heterocycles. The van der Waals surface area contributed by atoms with Crippen molar-refractivity contribution in [3.05, 3.63) is 28.3 Å². The van der Waals surface area contributed by atoms with E-state index in [9.17, 15) is 10.1 Å². The van der Waals surface area contributed by atoms with Gasteiger partial charge in [-0.1, -0.05) is 0 Å². The van der Waals surface area contributed by atoms with E-state index >= 15 is 0 Å². The van der Waals surface area contributed by atoms with Gasteiger partial charge in [-0.15, -0.1) is 0 Å². The van der Waals surface area contributed by atoms with Crippen molar-refractivity contribution >= 4 is 11.4 Å². The van der Waals surface area contributed by atoms with Crippen LogP contribution in [0.25, 0.3) is 0 Å². The van der Waals surface area contributed by atoms with E-state index in [0.717, 1.165) is 0 Å². The zero-order valence-electron chi connectivity index (χ0n) is 10.3. The van der Waals surface area contributed by atoms with Crippen LogP contribution in [0, 0.1) is 27.4 Å². The molecule has 1 aromatic rings. The Morgan fingerprint density at radius 1 is 1.61 bits per heavy atom. The molecule has 0 fully saturated rings. The van der Waals surface area contributed by atoms with Crippen LogP contribution < -0.4 is 10.1 Å². The monoisotopic (exact) mass is 249 g/mol. The number of nitro groups is 1. The Hall–Kier alpha value is -2.29. The Morgan fingerprint density at radius 3 is 2.89 bits per heavy atom. The third kappa shape index (κ3) is 3.63. The van der Waals surface area contributed by atoms with Gasteiger partial charge in [0, 0.05) is 24.4 Å². The van der Waals surface area contributed by atoms with Gasteiger partial charge in [0.1, 0.15) is 0 Å². The highest BCUT2D eigenvalue weighted by Gasteiger charge is 2.15. The van der Waals surface area contributed by atoms with Gasteiger partial charge in [0.25, 0.3) is 0 Å². The summed E-state index contributed by atoms with van der Waals surface area (Å²) in [5, 5.41) is 22.5. The number of nitrogens with zero attached hydrogens (tertiary/aromatic N) is 2. The minimum atomic E-state index is -0.479. The molecular formula is C12H15N3O3. The van der Waals surface area contributed by atoms with Crippen LogP contribution in [0.5, 0.6) is 5.75 Å². The van der Waals surface area contributed by atoms with Crippen molar-refractivity contribution in [3.8, 4) is 11.8 Å². The minimum Gasteiger partial charge on any atom is -0.487 e. The Morgan fingerprint density at radius 2 is 2.33 bits per heavy atom. The normalized spacial score (nSPS) is 11.4. The van der Waals surface area contributed by atoms with Gasteiger partial charge < -0.3 is 10.1 Å². The van der Waals surface area contributed by atoms with E-state index in [1.807, 2.05) is 0 Å². The van der Waals surface area contributed by atoms with Crippen molar-refractivity contribution in [1.82, 2.24) is 0 Å². The first-order valence-corrected chi connectivity index (χ1v) is 5.63. The summed E-state index contributed by atoms with van der Waals surface area (Å²) in [6, 6.07) is 6.67. The number of hydrogen-bond acceptors (Lipinski definition) is 5. The van der Waals surface area contributed by atoms with Gasteiger partial charge in [-0.3, -0.25) is 10.1 Å². The van der Waals surface area contributed by atoms with Gasteiger partial charge in [0.2, 0.25) is 0 Å². The van der Waals surface area contributed by atoms with E-state index in [1.165, 1.54) is 6.07 Å². The molecule has 1 atom stereocenters. The van der Waals surface area contributed by atoms with Crippen LogP contribution in [0.3, 0.4) is 0 Å². The Kier molecular flexibility index (Phi) is 4.93. The van der Waals surface area contributed by atoms with Crippen LogP contribution in [-0.4, -0.2) is 18.1 Å². The summed E-state index contributed by atoms with van der Waals surface area (Å²) in [5.41, 5.74) is 0.641. The molecule has 6 nitrogen and oxygen atoms in total. The average molecular weight is 249 g/mol. The molecule has 0 aromatic heterocycles. The van der Waals surface area contributed by atoms with Crippen molar-refractivity contribution in [2.24, 2.45) is 5.92 Å². The molecule has 0 heterocycles. The fraction of sp³-hybridized carbons (Fsp3) is 0.417. The number of nitro benzene ring substituents is 1. The number of nitriles is 1. The number of benzene rings is 1. The number of anilines is 1. The lowest BCUT2D eigenvalue weighted by Crippen LogP contribution is -2.09. The van der Waals surface area contributed by atoms with Gasteiger partial charge in [-0.2, -0.15) is 5.26 Å². The summed E-state index contributed by atoms with van der Waals surface area (Å²) in [4.78, 5) is 10.3. The first-order chi connectivity index (χ1) is 8.58. The molecule has 0 radical (unpaired) electrons. The second-order valence-electron chi connectivity index (χ2n) is 3.78. The second kappa shape index (κ2) is 6.45. The standard InChI is InChI=1S/C12H15N3O3/c1-3-18-12-6-10(14-8-9(2)7-13)4-5-11(12)15(16)17/h4-6,9,14H,3,8H2,1-2H3. The number of hydrogen-bond donors (Lipinski definition) is 1. The van der Waals surface area contributed by atoms with Gasteiger partial charge in [0.15, 0.2) is 5.75 Å². The number of rotatable bonds is 6. The van der Waals surface area contributed by atoms with Crippen LogP contribution in [0.4, 0.5) is 11.4 Å². The molecule has 1 N–H and O–H groups in total. The predicted molar refractivity (Wildman–Crippen MR) is 67.5 cm³/mol. The van der Waals surface area contributed by atoms with E-state index in [4.69, 9.17) is 10.00 Å². The zero-order valence-corrected chi connectivity index (χ0v) is 10.3. The predicted octanol–water partition coefficient (Wildman–Crippen LogP) is 2.57. The maximum Gasteiger partial charge on any atom is 0.311 e. The summed E-state index contributed by atoms with van der Waals surface area (Å²) < 4.78 is 5.23. The maximum atomic E-state index is 10.8. The Labute approximate surface area is 105 Å². The molecule has 1 unspecified atom stereocenters. The molecule has 0 aliphatic carbocycles. The summed E-state index contributed by atoms with van der Waals surface area (Å²) in [5.74, 6) is 0.104. The van der Waals surface area contributed by atoms with Crippen LogP contribution in [-0.2, 0) is 0 Å². The molecular weight excluding hydrogens is 234 g/mol. The number of ether oxygens (including phenoxy) is 1. The van der Waals surface area contributed by atoms with Crippen LogP contribution >= 0.6 is 0 Å². The second-order valence-corrected chi connectivity index (χ2v) is 3.78. The topological polar surface area (TPSA) is 88.2 Å². The summed E-state index contributed by atoms with van der Waals surface area (Å²) in [7, 11) is 0. The smallest absolute Gasteiger partial charge is 0.311 e. The van der Waals surface area contributed by atoms with Crippen molar-refractivity contribution < 1.29 is 9.66 Å². The Bertz CT molecular complexity index is 468. The lowest BCUT2D eigenvalue weighted by molar-refractivity contribution is -0.385. The molecule has 0 amide bonds. The SMILES string of the molecule is CCOc1cc(NCC(C)C#N)ccc1[N+](=O)[O-]. The third-order valence-electron chi connectivity index (χ3n) is 2.29. The van der Waals surface area contributed by atoms with Crippen molar-refractivity contribution in [2.45, 2.75) is 13.8 Å². The quantitative estimate of drug-likeness (QED) is 0.618. The fourth-order valence-corrected chi connectivity index (χ4v) is 1.36. The molecule has 0 bridgehead atoms. The van der Waals surface area contributed by atoms with E-state index < -0.39 is 4.92 Å². The molecule has 0 saturated heterocycles. The maximum absolute atomic E-state index is 10.8. The van der Waals surface area contributed by atoms with Crippen molar-refractivity contribution in [1.29, 1.82) is 5.26 Å². The molecule has 96 valence electrons. The molecule has 1 rings (SSSR count). The van der Waals surface area contributed by atoms with Crippen molar-refractivity contribution in [3.63, 3.8) is 0 Å². The number of nitrogens with one attached hydrogen (secondary N) is 1. The highest BCUT2D eigenvalue weighted by Crippen LogP contribution is 2.30. The molecule has 1 aromatic carbocycles. The summed E-state index contributed by atoms with van der Waals surface area (Å²) in [6.07, 6.45) is 0. The lowest BCUT2D eigenvalue weighted by Gasteiger charge is -2.10. The van der Waals surface area contributed by atoms with E-state index in [-0.39, 0.29) is 17.4 Å². The van der Waals surface area contributed by atoms with Crippen molar-refractivity contribution in [2.75, 3.05) is 18.5 Å². The summed E-state index contributed by atoms with van der Waals surface area (Å²) in [6.45, 7) is 4.40. The molecule has 0 saturated carbocycles. The Balaban J connectivity index is 2.86. The van der Waals surface area contributed by atoms with Gasteiger partial charge in [-0.25, -0.2) is 0 Å². The highest BCUT2D eigenvalue weighted by molar-refractivity contribution is 5.58. The molecule has 0 spiro atoms. The molecule has 6 heteroatoms. The largest absolute Gasteiger partial charge is 0.487 e. The van der Waals surface area contributed by atoms with Gasteiger partial charge in [0.05, 0.1) is 23.5 Å².